The third-order valence-corrected chi connectivity index (χ3v) is 5.35. The molecule has 2 aromatic carbocycles. The van der Waals surface area contributed by atoms with Crippen LogP contribution >= 0.6 is 0 Å². The minimum atomic E-state index is -0.253. The largest absolute Gasteiger partial charge is 0.497 e. The SMILES string of the molecule is COc1ccc(CN2C(=O)CCC2c2nc(-c3ccc(OC(C)C)c(OC)c3)no2)cc1. The predicted octanol–water partition coefficient (Wildman–Crippen LogP) is 4.40. The molecule has 1 unspecified atom stereocenters. The summed E-state index contributed by atoms with van der Waals surface area (Å²) in [4.78, 5) is 18.9. The van der Waals surface area contributed by atoms with Crippen LogP contribution in [0.3, 0.4) is 0 Å². The number of benzene rings is 2. The minimum absolute atomic E-state index is 0.0307. The lowest BCUT2D eigenvalue weighted by atomic mass is 10.1. The summed E-state index contributed by atoms with van der Waals surface area (Å²) in [6.45, 7) is 4.39. The van der Waals surface area contributed by atoms with Gasteiger partial charge in [-0.05, 0) is 56.2 Å². The van der Waals surface area contributed by atoms with Crippen molar-refractivity contribution < 1.29 is 23.5 Å². The van der Waals surface area contributed by atoms with Crippen LogP contribution in [0.25, 0.3) is 11.4 Å². The van der Waals surface area contributed by atoms with Crippen LogP contribution in [-0.4, -0.2) is 41.3 Å². The molecule has 0 spiro atoms. The van der Waals surface area contributed by atoms with Gasteiger partial charge in [-0.25, -0.2) is 0 Å². The quantitative estimate of drug-likeness (QED) is 0.516. The Morgan fingerprint density at radius 3 is 2.56 bits per heavy atom. The molecule has 1 aliphatic rings. The second-order valence-corrected chi connectivity index (χ2v) is 7.91. The van der Waals surface area contributed by atoms with Crippen LogP contribution in [0.5, 0.6) is 17.2 Å². The molecule has 3 aromatic rings. The highest BCUT2D eigenvalue weighted by molar-refractivity contribution is 5.79. The first kappa shape index (κ1) is 21.7. The second kappa shape index (κ2) is 9.30. The maximum atomic E-state index is 12.6. The molecule has 32 heavy (non-hydrogen) atoms. The van der Waals surface area contributed by atoms with Crippen LogP contribution in [0.2, 0.25) is 0 Å². The number of aromatic nitrogens is 2. The molecule has 168 valence electrons. The first-order chi connectivity index (χ1) is 15.5. The molecule has 1 aromatic heterocycles. The summed E-state index contributed by atoms with van der Waals surface area (Å²) in [6.07, 6.45) is 1.12. The predicted molar refractivity (Wildman–Crippen MR) is 118 cm³/mol. The van der Waals surface area contributed by atoms with E-state index >= 15 is 0 Å². The summed E-state index contributed by atoms with van der Waals surface area (Å²) in [5, 5.41) is 4.15. The number of hydrogen-bond acceptors (Lipinski definition) is 7. The van der Waals surface area contributed by atoms with Gasteiger partial charge in [0.15, 0.2) is 11.5 Å². The summed E-state index contributed by atoms with van der Waals surface area (Å²) in [5.74, 6) is 2.97. The summed E-state index contributed by atoms with van der Waals surface area (Å²) >= 11 is 0. The highest BCUT2D eigenvalue weighted by Gasteiger charge is 2.36. The smallest absolute Gasteiger partial charge is 0.249 e. The van der Waals surface area contributed by atoms with E-state index in [4.69, 9.17) is 18.7 Å². The van der Waals surface area contributed by atoms with Gasteiger partial charge in [0.2, 0.25) is 17.6 Å². The average Bonchev–Trinajstić information content (AvgIpc) is 3.41. The van der Waals surface area contributed by atoms with E-state index in [0.717, 1.165) is 16.9 Å². The molecule has 1 amide bonds. The molecule has 8 nitrogen and oxygen atoms in total. The average molecular weight is 437 g/mol. The number of carbonyl (C=O) groups is 1. The van der Waals surface area contributed by atoms with Gasteiger partial charge in [0, 0.05) is 18.5 Å². The van der Waals surface area contributed by atoms with Gasteiger partial charge in [-0.3, -0.25) is 4.79 Å². The van der Waals surface area contributed by atoms with Crippen molar-refractivity contribution in [3.05, 3.63) is 53.9 Å². The molecule has 1 aliphatic heterocycles. The van der Waals surface area contributed by atoms with Crippen molar-refractivity contribution >= 4 is 5.91 Å². The number of amides is 1. The van der Waals surface area contributed by atoms with E-state index < -0.39 is 0 Å². The molecule has 0 N–H and O–H groups in total. The summed E-state index contributed by atoms with van der Waals surface area (Å²) in [6, 6.07) is 12.9. The molecular weight excluding hydrogens is 410 g/mol. The number of nitrogens with zero attached hydrogens (tertiary/aromatic N) is 3. The molecule has 0 bridgehead atoms. The molecular formula is C24H27N3O5. The van der Waals surface area contributed by atoms with Crippen LogP contribution in [0.4, 0.5) is 0 Å². The molecule has 1 fully saturated rings. The maximum absolute atomic E-state index is 12.6. The Bertz CT molecular complexity index is 1080. The highest BCUT2D eigenvalue weighted by Crippen LogP contribution is 2.36. The van der Waals surface area contributed by atoms with Gasteiger partial charge in [-0.1, -0.05) is 17.3 Å². The zero-order valence-corrected chi connectivity index (χ0v) is 18.7. The molecule has 8 heteroatoms. The van der Waals surface area contributed by atoms with Crippen molar-refractivity contribution in [2.45, 2.75) is 45.4 Å². The molecule has 1 atom stereocenters. The fourth-order valence-corrected chi connectivity index (χ4v) is 3.76. The van der Waals surface area contributed by atoms with Crippen LogP contribution in [0, 0.1) is 0 Å². The Morgan fingerprint density at radius 1 is 1.09 bits per heavy atom. The number of methoxy groups -OCH3 is 2. The normalized spacial score (nSPS) is 16.0. The number of ether oxygens (including phenoxy) is 3. The topological polar surface area (TPSA) is 86.9 Å². The lowest BCUT2D eigenvalue weighted by Crippen LogP contribution is -2.27. The van der Waals surface area contributed by atoms with Crippen molar-refractivity contribution in [2.24, 2.45) is 0 Å². The van der Waals surface area contributed by atoms with Crippen molar-refractivity contribution in [3.63, 3.8) is 0 Å². The van der Waals surface area contributed by atoms with Crippen LogP contribution in [0.1, 0.15) is 44.2 Å². The maximum Gasteiger partial charge on any atom is 0.249 e. The van der Waals surface area contributed by atoms with Gasteiger partial charge in [-0.15, -0.1) is 0 Å². The van der Waals surface area contributed by atoms with Gasteiger partial charge in [0.1, 0.15) is 11.8 Å². The Kier molecular flexibility index (Phi) is 6.30. The van der Waals surface area contributed by atoms with E-state index in [-0.39, 0.29) is 18.1 Å². The summed E-state index contributed by atoms with van der Waals surface area (Å²) in [7, 11) is 3.22. The van der Waals surface area contributed by atoms with Gasteiger partial charge in [0.25, 0.3) is 0 Å². The molecule has 2 heterocycles. The van der Waals surface area contributed by atoms with Crippen LogP contribution in [-0.2, 0) is 11.3 Å². The molecule has 1 saturated heterocycles. The third kappa shape index (κ3) is 4.54. The zero-order valence-electron chi connectivity index (χ0n) is 18.7. The summed E-state index contributed by atoms with van der Waals surface area (Å²) in [5.41, 5.74) is 1.76. The number of carbonyl (C=O) groups excluding carboxylic acids is 1. The van der Waals surface area contributed by atoms with E-state index in [0.29, 0.717) is 42.6 Å². The van der Waals surface area contributed by atoms with Crippen molar-refractivity contribution in [3.8, 4) is 28.6 Å². The monoisotopic (exact) mass is 437 g/mol. The van der Waals surface area contributed by atoms with Gasteiger partial charge in [0.05, 0.1) is 20.3 Å². The molecule has 0 saturated carbocycles. The molecule has 0 aliphatic carbocycles. The molecule has 4 rings (SSSR count). The van der Waals surface area contributed by atoms with Crippen LogP contribution in [0.15, 0.2) is 47.0 Å². The lowest BCUT2D eigenvalue weighted by molar-refractivity contribution is -0.129. The van der Waals surface area contributed by atoms with Crippen molar-refractivity contribution in [1.82, 2.24) is 15.0 Å². The number of likely N-dealkylation sites (tertiary alicyclic amines) is 1. The van der Waals surface area contributed by atoms with E-state index in [1.165, 1.54) is 0 Å². The molecule has 0 radical (unpaired) electrons. The highest BCUT2D eigenvalue weighted by atomic mass is 16.5. The van der Waals surface area contributed by atoms with E-state index in [1.54, 1.807) is 19.1 Å². The van der Waals surface area contributed by atoms with E-state index in [1.807, 2.05) is 56.3 Å². The Balaban J connectivity index is 1.54. The lowest BCUT2D eigenvalue weighted by Gasteiger charge is -2.22. The Morgan fingerprint density at radius 2 is 1.88 bits per heavy atom. The second-order valence-electron chi connectivity index (χ2n) is 7.91. The summed E-state index contributed by atoms with van der Waals surface area (Å²) < 4.78 is 22.0. The van der Waals surface area contributed by atoms with E-state index in [9.17, 15) is 4.79 Å². The third-order valence-electron chi connectivity index (χ3n) is 5.35. The van der Waals surface area contributed by atoms with Gasteiger partial charge >= 0.3 is 0 Å². The zero-order chi connectivity index (χ0) is 22.7. The minimum Gasteiger partial charge on any atom is -0.497 e. The Labute approximate surface area is 187 Å². The van der Waals surface area contributed by atoms with E-state index in [2.05, 4.69) is 10.1 Å². The number of rotatable bonds is 8. The standard InChI is InChI=1S/C24H27N3O5/c1-15(2)31-20-11-7-17(13-21(20)30-4)23-25-24(32-26-23)19-10-12-22(28)27(19)14-16-5-8-18(29-3)9-6-16/h5-9,11,13,15,19H,10,12,14H2,1-4H3. The van der Waals surface area contributed by atoms with Crippen LogP contribution < -0.4 is 14.2 Å². The number of hydrogen-bond donors (Lipinski definition) is 0. The fraction of sp³-hybridized carbons (Fsp3) is 0.375. The first-order valence-corrected chi connectivity index (χ1v) is 10.6. The van der Waals surface area contributed by atoms with Crippen molar-refractivity contribution in [1.29, 1.82) is 0 Å². The fourth-order valence-electron chi connectivity index (χ4n) is 3.76. The first-order valence-electron chi connectivity index (χ1n) is 10.6. The van der Waals surface area contributed by atoms with Crippen molar-refractivity contribution in [2.75, 3.05) is 14.2 Å². The Hall–Kier alpha value is -3.55. The van der Waals surface area contributed by atoms with Gasteiger partial charge in [-0.2, -0.15) is 4.98 Å². The van der Waals surface area contributed by atoms with Gasteiger partial charge < -0.3 is 23.6 Å².